The van der Waals surface area contributed by atoms with Crippen LogP contribution >= 0.6 is 0 Å². The molecule has 0 heterocycles. The molecule has 0 unspecified atom stereocenters. The fourth-order valence-electron chi connectivity index (χ4n) is 0.0645. The van der Waals surface area contributed by atoms with Gasteiger partial charge in [0.05, 0.1) is 18.5 Å². The van der Waals surface area contributed by atoms with E-state index in [1.54, 1.807) is 0 Å². The summed E-state index contributed by atoms with van der Waals surface area (Å²) in [6.07, 6.45) is -0.514. The molecule has 0 saturated heterocycles. The third-order valence-electron chi connectivity index (χ3n) is 0.223. The molecule has 40 valence electrons. The van der Waals surface area contributed by atoms with Gasteiger partial charge >= 0.3 is 59.1 Å². The quantitative estimate of drug-likeness (QED) is 0.363. The standard InChI is InChI=1S/C3H3NO2.ClH.2Na/c4-2-1-3(5)6;;;/h1H2,(H,5,6);1H;;/q;;2*+1/p-2. The summed E-state index contributed by atoms with van der Waals surface area (Å²) >= 11 is 0. The maximum atomic E-state index is 9.27. The van der Waals surface area contributed by atoms with Crippen LogP contribution in [0.1, 0.15) is 6.42 Å². The first-order chi connectivity index (χ1) is 2.77. The van der Waals surface area contributed by atoms with E-state index < -0.39 is 12.4 Å². The predicted octanol–water partition coefficient (Wildman–Crippen LogP) is -10.3. The summed E-state index contributed by atoms with van der Waals surface area (Å²) in [6.45, 7) is 0. The molecule has 0 aliphatic heterocycles. The second-order valence-corrected chi connectivity index (χ2v) is 0.707. The maximum absolute atomic E-state index is 9.27. The van der Waals surface area contributed by atoms with Crippen LogP contribution in [0.2, 0.25) is 0 Å². The van der Waals surface area contributed by atoms with Gasteiger partial charge in [-0.05, 0) is 0 Å². The van der Waals surface area contributed by atoms with Crippen molar-refractivity contribution in [2.45, 2.75) is 6.42 Å². The molecule has 6 heteroatoms. The molecule has 0 atom stereocenters. The van der Waals surface area contributed by atoms with Crippen molar-refractivity contribution < 1.29 is 81.4 Å². The monoisotopic (exact) mass is 165 g/mol. The molecule has 0 fully saturated rings. The first-order valence-electron chi connectivity index (χ1n) is 1.34. The molecule has 3 nitrogen and oxygen atoms in total. The van der Waals surface area contributed by atoms with E-state index in [4.69, 9.17) is 5.26 Å². The van der Waals surface area contributed by atoms with Gasteiger partial charge in [0, 0.05) is 0 Å². The molecule has 0 N–H and O–H groups in total. The van der Waals surface area contributed by atoms with E-state index in [0.717, 1.165) is 0 Å². The van der Waals surface area contributed by atoms with E-state index in [9.17, 15) is 9.90 Å². The molecule has 0 aromatic heterocycles. The van der Waals surface area contributed by atoms with Gasteiger partial charge in [0.15, 0.2) is 0 Å². The third kappa shape index (κ3) is 26.9. The first kappa shape index (κ1) is 22.5. The van der Waals surface area contributed by atoms with Crippen LogP contribution < -0.4 is 76.6 Å². The number of carboxylic acid groups (broad SMARTS) is 1. The molecule has 0 radical (unpaired) electrons. The average molecular weight is 165 g/mol. The second kappa shape index (κ2) is 16.1. The number of nitriles is 1. The number of rotatable bonds is 1. The Hall–Kier alpha value is 1.25. The van der Waals surface area contributed by atoms with E-state index in [0.29, 0.717) is 0 Å². The number of hydrogen-bond donors (Lipinski definition) is 0. The summed E-state index contributed by atoms with van der Waals surface area (Å²) in [4.78, 5) is 9.27. The molecule has 0 amide bonds. The van der Waals surface area contributed by atoms with Gasteiger partial charge in [-0.1, -0.05) is 0 Å². The Morgan fingerprint density at radius 3 is 1.89 bits per heavy atom. The van der Waals surface area contributed by atoms with Crippen LogP contribution in [0.4, 0.5) is 0 Å². The predicted molar refractivity (Wildman–Crippen MR) is 15.2 cm³/mol. The second-order valence-electron chi connectivity index (χ2n) is 0.707. The minimum atomic E-state index is -1.32. The van der Waals surface area contributed by atoms with E-state index >= 15 is 0 Å². The van der Waals surface area contributed by atoms with E-state index in [1.807, 2.05) is 0 Å². The fourth-order valence-corrected chi connectivity index (χ4v) is 0.0645. The molecule has 9 heavy (non-hydrogen) atoms. The summed E-state index contributed by atoms with van der Waals surface area (Å²) in [5.74, 6) is -1.32. The summed E-state index contributed by atoms with van der Waals surface area (Å²) in [7, 11) is 0. The topological polar surface area (TPSA) is 63.9 Å². The molecule has 0 aromatic rings. The largest absolute Gasteiger partial charge is 1.00 e. The van der Waals surface area contributed by atoms with Crippen LogP contribution in [-0.2, 0) is 4.79 Å². The number of halogens is 1. The van der Waals surface area contributed by atoms with Crippen LogP contribution in [0.15, 0.2) is 0 Å². The van der Waals surface area contributed by atoms with Crippen LogP contribution in [0.5, 0.6) is 0 Å². The third-order valence-corrected chi connectivity index (χ3v) is 0.223. The summed E-state index contributed by atoms with van der Waals surface area (Å²) < 4.78 is 0. The minimum absolute atomic E-state index is 0. The zero-order valence-corrected chi connectivity index (χ0v) is 10.1. The number of carboxylic acids is 1. The average Bonchev–Trinajstić information content (AvgIpc) is 1.35. The molecule has 0 aromatic carbocycles. The smallest absolute Gasteiger partial charge is 1.00 e. The Balaban J connectivity index is -0.0000000417. The number of aliphatic carboxylic acids is 1. The molecular weight excluding hydrogens is 163 g/mol. The van der Waals surface area contributed by atoms with Crippen molar-refractivity contribution in [3.63, 3.8) is 0 Å². The van der Waals surface area contributed by atoms with Crippen molar-refractivity contribution in [1.29, 1.82) is 5.26 Å². The van der Waals surface area contributed by atoms with Gasteiger partial charge in [-0.2, -0.15) is 5.26 Å². The van der Waals surface area contributed by atoms with E-state index in [2.05, 4.69) is 0 Å². The molecule has 0 spiro atoms. The Morgan fingerprint density at radius 1 is 1.56 bits per heavy atom. The van der Waals surface area contributed by atoms with Crippen LogP contribution in [0.25, 0.3) is 0 Å². The van der Waals surface area contributed by atoms with E-state index in [-0.39, 0.29) is 71.5 Å². The van der Waals surface area contributed by atoms with E-state index in [1.165, 1.54) is 6.07 Å². The van der Waals surface area contributed by atoms with Crippen molar-refractivity contribution in [3.05, 3.63) is 0 Å². The first-order valence-corrected chi connectivity index (χ1v) is 1.34. The van der Waals surface area contributed by atoms with Crippen LogP contribution in [0.3, 0.4) is 0 Å². The van der Waals surface area contributed by atoms with Crippen LogP contribution in [-0.4, -0.2) is 5.97 Å². The molecule has 0 aliphatic carbocycles. The normalized spacial score (nSPS) is 4.33. The maximum Gasteiger partial charge on any atom is 1.00 e. The molecule has 0 saturated carbocycles. The summed E-state index contributed by atoms with van der Waals surface area (Å²) in [5.41, 5.74) is 0. The van der Waals surface area contributed by atoms with Gasteiger partial charge in [0.25, 0.3) is 0 Å². The molecular formula is C3H2ClNNa2O2. The Morgan fingerprint density at radius 2 is 1.89 bits per heavy atom. The van der Waals surface area contributed by atoms with Gasteiger partial charge in [-0.15, -0.1) is 0 Å². The van der Waals surface area contributed by atoms with Gasteiger partial charge in [0.1, 0.15) is 0 Å². The number of nitrogens with zero attached hydrogens (tertiary/aromatic N) is 1. The Kier molecular flexibility index (Phi) is 40.2. The molecule has 0 aliphatic rings. The van der Waals surface area contributed by atoms with Crippen molar-refractivity contribution in [1.82, 2.24) is 0 Å². The van der Waals surface area contributed by atoms with Gasteiger partial charge in [0.2, 0.25) is 0 Å². The number of hydrogen-bond acceptors (Lipinski definition) is 3. The zero-order valence-electron chi connectivity index (χ0n) is 5.35. The van der Waals surface area contributed by atoms with Gasteiger partial charge in [-0.25, -0.2) is 0 Å². The van der Waals surface area contributed by atoms with Crippen molar-refractivity contribution >= 4 is 5.97 Å². The molecule has 0 bridgehead atoms. The van der Waals surface area contributed by atoms with Gasteiger partial charge in [-0.3, -0.25) is 0 Å². The van der Waals surface area contributed by atoms with Crippen molar-refractivity contribution in [3.8, 4) is 6.07 Å². The Labute approximate surface area is 104 Å². The van der Waals surface area contributed by atoms with Crippen molar-refractivity contribution in [2.24, 2.45) is 0 Å². The SMILES string of the molecule is N#CCC(=O)[O-].[Cl-].[Na+].[Na+]. The van der Waals surface area contributed by atoms with Crippen molar-refractivity contribution in [2.75, 3.05) is 0 Å². The Bertz CT molecular complexity index is 102. The fraction of sp³-hybridized carbons (Fsp3) is 0.333. The van der Waals surface area contributed by atoms with Gasteiger partial charge < -0.3 is 22.3 Å². The zero-order chi connectivity index (χ0) is 4.99. The summed E-state index contributed by atoms with van der Waals surface area (Å²) in [6, 6.07) is 1.41. The minimum Gasteiger partial charge on any atom is -1.00 e. The summed E-state index contributed by atoms with van der Waals surface area (Å²) in [5, 5.41) is 16.8. The molecule has 0 rings (SSSR count). The number of carbonyl (C=O) groups excluding carboxylic acids is 1. The number of carbonyl (C=O) groups is 1. The van der Waals surface area contributed by atoms with Crippen LogP contribution in [0, 0.1) is 11.3 Å².